The second-order valence-electron chi connectivity index (χ2n) is 6.06. The maximum absolute atomic E-state index is 12.6. The predicted octanol–water partition coefficient (Wildman–Crippen LogP) is 2.72. The van der Waals surface area contributed by atoms with Gasteiger partial charge in [0.1, 0.15) is 11.5 Å². The molecule has 2 aromatic heterocycles. The number of pyridine rings is 1. The normalized spacial score (nSPS) is 11.9. The summed E-state index contributed by atoms with van der Waals surface area (Å²) in [5.74, 6) is 0.0613. The number of anilines is 1. The molecule has 0 aliphatic rings. The van der Waals surface area contributed by atoms with Gasteiger partial charge in [0, 0.05) is 6.20 Å². The van der Waals surface area contributed by atoms with Gasteiger partial charge in [-0.15, -0.1) is 0 Å². The summed E-state index contributed by atoms with van der Waals surface area (Å²) in [5, 5.41) is 2.48. The van der Waals surface area contributed by atoms with Gasteiger partial charge in [-0.25, -0.2) is 13.4 Å². The second kappa shape index (κ2) is 8.14. The SMILES string of the molecule is Cc1nc(NC(=O)Cc2ccc(S(=O)(=O)C(F)(F)F)cc2)nc(-c2ccccn2)n1. The van der Waals surface area contributed by atoms with E-state index >= 15 is 0 Å². The zero-order chi connectivity index (χ0) is 21.9. The van der Waals surface area contributed by atoms with Crippen LogP contribution in [0, 0.1) is 6.92 Å². The molecule has 0 bridgehead atoms. The van der Waals surface area contributed by atoms with Crippen molar-refractivity contribution >= 4 is 21.7 Å². The van der Waals surface area contributed by atoms with Gasteiger partial charge in [-0.1, -0.05) is 18.2 Å². The van der Waals surface area contributed by atoms with Gasteiger partial charge in [-0.3, -0.25) is 15.1 Å². The van der Waals surface area contributed by atoms with Crippen LogP contribution in [0.15, 0.2) is 53.6 Å². The molecular weight excluding hydrogens is 423 g/mol. The van der Waals surface area contributed by atoms with Gasteiger partial charge in [0.05, 0.1) is 11.3 Å². The molecular formula is C18H14F3N5O3S. The highest BCUT2D eigenvalue weighted by Crippen LogP contribution is 2.30. The molecule has 3 rings (SSSR count). The Kier molecular flexibility index (Phi) is 5.78. The number of hydrogen-bond acceptors (Lipinski definition) is 7. The number of aryl methyl sites for hydroxylation is 1. The first-order valence-electron chi connectivity index (χ1n) is 8.40. The summed E-state index contributed by atoms with van der Waals surface area (Å²) >= 11 is 0. The van der Waals surface area contributed by atoms with Crippen LogP contribution in [0.2, 0.25) is 0 Å². The minimum absolute atomic E-state index is 0.00979. The first kappa shape index (κ1) is 21.3. The Balaban J connectivity index is 1.73. The second-order valence-corrected chi connectivity index (χ2v) is 8.00. The Morgan fingerprint density at radius 2 is 1.73 bits per heavy atom. The summed E-state index contributed by atoms with van der Waals surface area (Å²) in [5.41, 5.74) is -4.60. The summed E-state index contributed by atoms with van der Waals surface area (Å²) < 4.78 is 60.5. The summed E-state index contributed by atoms with van der Waals surface area (Å²) in [6, 6.07) is 9.05. The van der Waals surface area contributed by atoms with Crippen molar-refractivity contribution in [3.63, 3.8) is 0 Å². The van der Waals surface area contributed by atoms with Gasteiger partial charge in [-0.2, -0.15) is 23.1 Å². The minimum atomic E-state index is -5.44. The van der Waals surface area contributed by atoms with E-state index in [1.807, 2.05) is 0 Å². The quantitative estimate of drug-likeness (QED) is 0.653. The zero-order valence-electron chi connectivity index (χ0n) is 15.4. The van der Waals surface area contributed by atoms with Crippen LogP contribution >= 0.6 is 0 Å². The van der Waals surface area contributed by atoms with E-state index in [1.54, 1.807) is 31.3 Å². The summed E-state index contributed by atoms with van der Waals surface area (Å²) in [6.45, 7) is 1.61. The molecule has 0 unspecified atom stereocenters. The van der Waals surface area contributed by atoms with E-state index in [-0.39, 0.29) is 18.2 Å². The fraction of sp³-hybridized carbons (Fsp3) is 0.167. The molecule has 1 N–H and O–H groups in total. The van der Waals surface area contributed by atoms with E-state index in [0.29, 0.717) is 17.1 Å². The smallest absolute Gasteiger partial charge is 0.294 e. The average molecular weight is 437 g/mol. The van der Waals surface area contributed by atoms with Crippen molar-refractivity contribution in [3.8, 4) is 11.5 Å². The lowest BCUT2D eigenvalue weighted by Crippen LogP contribution is -2.23. The average Bonchev–Trinajstić information content (AvgIpc) is 2.67. The number of rotatable bonds is 5. The summed E-state index contributed by atoms with van der Waals surface area (Å²) in [7, 11) is -5.44. The number of halogens is 3. The van der Waals surface area contributed by atoms with Crippen LogP contribution in [0.25, 0.3) is 11.5 Å². The highest BCUT2D eigenvalue weighted by Gasteiger charge is 2.46. The molecule has 30 heavy (non-hydrogen) atoms. The van der Waals surface area contributed by atoms with Crippen LogP contribution in [0.4, 0.5) is 19.1 Å². The van der Waals surface area contributed by atoms with Crippen LogP contribution in [0.1, 0.15) is 11.4 Å². The van der Waals surface area contributed by atoms with Crippen molar-refractivity contribution < 1.29 is 26.4 Å². The molecule has 0 radical (unpaired) electrons. The van der Waals surface area contributed by atoms with Gasteiger partial charge in [0.2, 0.25) is 11.9 Å². The predicted molar refractivity (Wildman–Crippen MR) is 99.8 cm³/mol. The lowest BCUT2D eigenvalue weighted by Gasteiger charge is -2.09. The first-order chi connectivity index (χ1) is 14.1. The molecule has 2 heterocycles. The molecule has 0 spiro atoms. The van der Waals surface area contributed by atoms with Crippen molar-refractivity contribution in [2.75, 3.05) is 5.32 Å². The fourth-order valence-electron chi connectivity index (χ4n) is 2.42. The Bertz CT molecular complexity index is 1170. The fourth-order valence-corrected chi connectivity index (χ4v) is 3.18. The molecule has 12 heteroatoms. The van der Waals surface area contributed by atoms with E-state index in [2.05, 4.69) is 25.3 Å². The lowest BCUT2D eigenvalue weighted by atomic mass is 10.1. The van der Waals surface area contributed by atoms with Crippen LogP contribution in [0.3, 0.4) is 0 Å². The van der Waals surface area contributed by atoms with Gasteiger partial charge in [0.25, 0.3) is 9.84 Å². The molecule has 0 saturated heterocycles. The minimum Gasteiger partial charge on any atom is -0.294 e. The monoisotopic (exact) mass is 437 g/mol. The number of aromatic nitrogens is 4. The number of carbonyl (C=O) groups is 1. The van der Waals surface area contributed by atoms with E-state index < -0.39 is 26.1 Å². The Labute approximate surface area is 169 Å². The molecule has 1 amide bonds. The molecule has 1 aromatic carbocycles. The van der Waals surface area contributed by atoms with Crippen molar-refractivity contribution in [1.29, 1.82) is 0 Å². The molecule has 0 saturated carbocycles. The number of nitrogens with one attached hydrogen (secondary N) is 1. The summed E-state index contributed by atoms with van der Waals surface area (Å²) in [4.78, 5) is 27.8. The highest BCUT2D eigenvalue weighted by atomic mass is 32.2. The summed E-state index contributed by atoms with van der Waals surface area (Å²) in [6.07, 6.45) is 1.34. The van der Waals surface area contributed by atoms with E-state index in [0.717, 1.165) is 24.3 Å². The van der Waals surface area contributed by atoms with E-state index in [9.17, 15) is 26.4 Å². The van der Waals surface area contributed by atoms with Crippen LogP contribution in [-0.4, -0.2) is 39.8 Å². The van der Waals surface area contributed by atoms with E-state index in [4.69, 9.17) is 0 Å². The van der Waals surface area contributed by atoms with Crippen LogP contribution in [-0.2, 0) is 21.1 Å². The number of alkyl halides is 3. The van der Waals surface area contributed by atoms with E-state index in [1.165, 1.54) is 0 Å². The van der Waals surface area contributed by atoms with Crippen molar-refractivity contribution in [2.24, 2.45) is 0 Å². The maximum Gasteiger partial charge on any atom is 0.501 e. The van der Waals surface area contributed by atoms with Crippen molar-refractivity contribution in [2.45, 2.75) is 23.7 Å². The molecule has 156 valence electrons. The maximum atomic E-state index is 12.6. The first-order valence-corrected chi connectivity index (χ1v) is 9.89. The third-order valence-electron chi connectivity index (χ3n) is 3.80. The Morgan fingerprint density at radius 3 is 2.33 bits per heavy atom. The third kappa shape index (κ3) is 4.76. The molecule has 0 atom stereocenters. The third-order valence-corrected chi connectivity index (χ3v) is 5.30. The number of sulfone groups is 1. The molecule has 0 fully saturated rings. The Hall–Kier alpha value is -3.41. The van der Waals surface area contributed by atoms with Gasteiger partial charge >= 0.3 is 5.51 Å². The highest BCUT2D eigenvalue weighted by molar-refractivity contribution is 7.92. The topological polar surface area (TPSA) is 115 Å². The van der Waals surface area contributed by atoms with Gasteiger partial charge < -0.3 is 0 Å². The molecule has 3 aromatic rings. The molecule has 8 nitrogen and oxygen atoms in total. The Morgan fingerprint density at radius 1 is 1.03 bits per heavy atom. The number of carbonyl (C=O) groups excluding carboxylic acids is 1. The molecule has 0 aliphatic carbocycles. The number of nitrogens with zero attached hydrogens (tertiary/aromatic N) is 4. The zero-order valence-corrected chi connectivity index (χ0v) is 16.2. The largest absolute Gasteiger partial charge is 0.501 e. The van der Waals surface area contributed by atoms with Crippen LogP contribution in [0.5, 0.6) is 0 Å². The van der Waals surface area contributed by atoms with Crippen molar-refractivity contribution in [3.05, 3.63) is 60.0 Å². The standard InChI is InChI=1S/C18H14F3N5O3S/c1-11-23-16(14-4-2-3-9-22-14)26-17(24-11)25-15(27)10-12-5-7-13(8-6-12)30(28,29)18(19,20)21/h2-9H,10H2,1H3,(H,23,24,25,26,27). The number of amides is 1. The van der Waals surface area contributed by atoms with Gasteiger partial charge in [0.15, 0.2) is 5.82 Å². The number of hydrogen-bond donors (Lipinski definition) is 1. The van der Waals surface area contributed by atoms with Crippen LogP contribution < -0.4 is 5.32 Å². The lowest BCUT2D eigenvalue weighted by molar-refractivity contribution is -0.115. The molecule has 0 aliphatic heterocycles. The van der Waals surface area contributed by atoms with Gasteiger partial charge in [-0.05, 0) is 36.8 Å². The number of benzene rings is 1. The van der Waals surface area contributed by atoms with Crippen molar-refractivity contribution in [1.82, 2.24) is 19.9 Å².